The predicted molar refractivity (Wildman–Crippen MR) is 180 cm³/mol. The molecule has 45 heavy (non-hydrogen) atoms. The molecule has 0 aromatic heterocycles. The van der Waals surface area contributed by atoms with Gasteiger partial charge in [-0.15, -0.1) is 0 Å². The molecule has 0 spiro atoms. The summed E-state index contributed by atoms with van der Waals surface area (Å²) in [6.07, 6.45) is 9.16. The minimum Gasteiger partial charge on any atom is -0.493 e. The molecule has 4 aromatic carbocycles. The summed E-state index contributed by atoms with van der Waals surface area (Å²) in [7, 11) is 1.63. The minimum atomic E-state index is -0.103. The Kier molecular flexibility index (Phi) is 12.0. The van der Waals surface area contributed by atoms with Crippen molar-refractivity contribution in [1.29, 1.82) is 0 Å². The first-order chi connectivity index (χ1) is 22.2. The molecule has 1 N–H and O–H groups in total. The molecule has 232 valence electrons. The van der Waals surface area contributed by atoms with E-state index in [9.17, 15) is 4.79 Å². The Balaban J connectivity index is 1.01. The lowest BCUT2D eigenvalue weighted by atomic mass is 10.00. The molecular formula is C39H42N2O4. The van der Waals surface area contributed by atoms with Crippen molar-refractivity contribution >= 4 is 12.0 Å². The molecule has 1 amide bonds. The Morgan fingerprint density at radius 3 is 2.13 bits per heavy atom. The molecule has 5 rings (SSSR count). The van der Waals surface area contributed by atoms with Gasteiger partial charge in [-0.2, -0.15) is 0 Å². The van der Waals surface area contributed by atoms with E-state index in [0.717, 1.165) is 43.6 Å². The maximum atomic E-state index is 12.4. The van der Waals surface area contributed by atoms with Gasteiger partial charge in [0.25, 0.3) is 0 Å². The van der Waals surface area contributed by atoms with Crippen LogP contribution >= 0.6 is 0 Å². The molecule has 0 bridgehead atoms. The fourth-order valence-electron chi connectivity index (χ4n) is 5.41. The Hall–Kier alpha value is -4.65. The van der Waals surface area contributed by atoms with Crippen molar-refractivity contribution in [2.45, 2.75) is 31.7 Å². The molecule has 6 nitrogen and oxygen atoms in total. The van der Waals surface area contributed by atoms with Crippen molar-refractivity contribution in [3.63, 3.8) is 0 Å². The number of nitrogens with zero attached hydrogens (tertiary/aromatic N) is 1. The number of carbonyl (C=O) groups excluding carboxylic acids is 1. The van der Waals surface area contributed by atoms with Gasteiger partial charge in [0.15, 0.2) is 11.5 Å². The van der Waals surface area contributed by atoms with E-state index in [0.29, 0.717) is 24.7 Å². The van der Waals surface area contributed by atoms with Crippen LogP contribution in [0.25, 0.3) is 6.08 Å². The molecule has 1 fully saturated rings. The number of methoxy groups -OCH3 is 1. The SMILES string of the molecule is COc1cc(C=CC=CC(=O)NCCN2CCC(OC(c3ccccc3)c3ccccc3)CC2)ccc1OCc1ccccc1. The van der Waals surface area contributed by atoms with Gasteiger partial charge in [0.1, 0.15) is 12.7 Å². The lowest BCUT2D eigenvalue weighted by Gasteiger charge is -2.34. The zero-order valence-electron chi connectivity index (χ0n) is 25.9. The summed E-state index contributed by atoms with van der Waals surface area (Å²) in [4.78, 5) is 14.8. The van der Waals surface area contributed by atoms with E-state index in [1.807, 2.05) is 72.8 Å². The van der Waals surface area contributed by atoms with Crippen LogP contribution < -0.4 is 14.8 Å². The van der Waals surface area contributed by atoms with Gasteiger partial charge in [0, 0.05) is 32.3 Å². The van der Waals surface area contributed by atoms with Gasteiger partial charge in [0.2, 0.25) is 5.91 Å². The second-order valence-corrected chi connectivity index (χ2v) is 11.1. The molecule has 4 aromatic rings. The van der Waals surface area contributed by atoms with Crippen LogP contribution in [0.2, 0.25) is 0 Å². The molecule has 1 saturated heterocycles. The first-order valence-corrected chi connectivity index (χ1v) is 15.6. The van der Waals surface area contributed by atoms with E-state index in [1.165, 1.54) is 11.1 Å². The first kappa shape index (κ1) is 31.8. The third-order valence-electron chi connectivity index (χ3n) is 7.87. The highest BCUT2D eigenvalue weighted by molar-refractivity contribution is 5.87. The first-order valence-electron chi connectivity index (χ1n) is 15.6. The Morgan fingerprint density at radius 1 is 0.844 bits per heavy atom. The summed E-state index contributed by atoms with van der Waals surface area (Å²) in [6.45, 7) is 3.81. The van der Waals surface area contributed by atoms with Crippen molar-refractivity contribution < 1.29 is 19.0 Å². The number of hydrogen-bond donors (Lipinski definition) is 1. The largest absolute Gasteiger partial charge is 0.493 e. The second kappa shape index (κ2) is 17.0. The van der Waals surface area contributed by atoms with E-state index in [1.54, 1.807) is 19.3 Å². The van der Waals surface area contributed by atoms with E-state index < -0.39 is 0 Å². The molecule has 1 aliphatic rings. The van der Waals surface area contributed by atoms with E-state index >= 15 is 0 Å². The summed E-state index contributed by atoms with van der Waals surface area (Å²) < 4.78 is 18.1. The average molecular weight is 603 g/mol. The number of likely N-dealkylation sites (tertiary alicyclic amines) is 1. The van der Waals surface area contributed by atoms with Crippen LogP contribution in [0.4, 0.5) is 0 Å². The number of carbonyl (C=O) groups is 1. The average Bonchev–Trinajstić information content (AvgIpc) is 3.10. The van der Waals surface area contributed by atoms with Gasteiger partial charge in [0.05, 0.1) is 13.2 Å². The lowest BCUT2D eigenvalue weighted by Crippen LogP contribution is -2.41. The number of piperidine rings is 1. The lowest BCUT2D eigenvalue weighted by molar-refractivity contribution is -0.116. The zero-order chi connectivity index (χ0) is 31.1. The number of allylic oxidation sites excluding steroid dienone is 2. The molecule has 0 radical (unpaired) electrons. The smallest absolute Gasteiger partial charge is 0.244 e. The second-order valence-electron chi connectivity index (χ2n) is 11.1. The number of rotatable bonds is 14. The summed E-state index contributed by atoms with van der Waals surface area (Å²) in [5, 5.41) is 3.00. The predicted octanol–water partition coefficient (Wildman–Crippen LogP) is 7.23. The third-order valence-corrected chi connectivity index (χ3v) is 7.87. The van der Waals surface area contributed by atoms with Gasteiger partial charge in [-0.25, -0.2) is 0 Å². The topological polar surface area (TPSA) is 60.0 Å². The monoisotopic (exact) mass is 602 g/mol. The molecule has 6 heteroatoms. The molecule has 0 aliphatic carbocycles. The number of amides is 1. The molecule has 1 heterocycles. The number of ether oxygens (including phenoxy) is 3. The minimum absolute atomic E-state index is 0.0654. The summed E-state index contributed by atoms with van der Waals surface area (Å²) >= 11 is 0. The Morgan fingerprint density at radius 2 is 1.49 bits per heavy atom. The fraction of sp³-hybridized carbons (Fsp3) is 0.256. The molecule has 0 saturated carbocycles. The fourth-order valence-corrected chi connectivity index (χ4v) is 5.41. The van der Waals surface area contributed by atoms with Gasteiger partial charge in [-0.1, -0.05) is 115 Å². The highest BCUT2D eigenvalue weighted by Gasteiger charge is 2.24. The van der Waals surface area contributed by atoms with E-state index in [-0.39, 0.29) is 18.1 Å². The van der Waals surface area contributed by atoms with Crippen molar-refractivity contribution in [3.05, 3.63) is 150 Å². The Labute approximate surface area is 267 Å². The van der Waals surface area contributed by atoms with Crippen LogP contribution in [0.3, 0.4) is 0 Å². The zero-order valence-corrected chi connectivity index (χ0v) is 25.9. The van der Waals surface area contributed by atoms with E-state index in [2.05, 4.69) is 58.7 Å². The maximum Gasteiger partial charge on any atom is 0.244 e. The van der Waals surface area contributed by atoms with E-state index in [4.69, 9.17) is 14.2 Å². The van der Waals surface area contributed by atoms with Crippen molar-refractivity contribution in [2.24, 2.45) is 0 Å². The number of benzene rings is 4. The summed E-state index contributed by atoms with van der Waals surface area (Å²) in [6, 6.07) is 36.7. The standard InChI is InChI=1S/C39H42N2O4/c1-43-37-29-31(21-22-36(37)44-30-32-14-5-2-6-15-32)13-11-12-20-38(42)40-25-28-41-26-23-35(24-27-41)45-39(33-16-7-3-8-17-33)34-18-9-4-10-19-34/h2-22,29,35,39H,23-28,30H2,1H3,(H,40,42). The highest BCUT2D eigenvalue weighted by atomic mass is 16.5. The summed E-state index contributed by atoms with van der Waals surface area (Å²) in [5.74, 6) is 1.25. The number of nitrogens with one attached hydrogen (secondary N) is 1. The van der Waals surface area contributed by atoms with Gasteiger partial charge in [-0.05, 0) is 47.2 Å². The quantitative estimate of drug-likeness (QED) is 0.122. The van der Waals surface area contributed by atoms with Crippen molar-refractivity contribution in [1.82, 2.24) is 10.2 Å². The van der Waals surface area contributed by atoms with Crippen LogP contribution in [-0.4, -0.2) is 50.2 Å². The van der Waals surface area contributed by atoms with Gasteiger partial charge < -0.3 is 24.4 Å². The van der Waals surface area contributed by atoms with Crippen molar-refractivity contribution in [3.8, 4) is 11.5 Å². The molecule has 0 atom stereocenters. The molecular weight excluding hydrogens is 560 g/mol. The van der Waals surface area contributed by atoms with Crippen LogP contribution in [0, 0.1) is 0 Å². The van der Waals surface area contributed by atoms with Crippen LogP contribution in [0.1, 0.15) is 41.2 Å². The highest BCUT2D eigenvalue weighted by Crippen LogP contribution is 2.31. The summed E-state index contributed by atoms with van der Waals surface area (Å²) in [5.41, 5.74) is 4.41. The van der Waals surface area contributed by atoms with Gasteiger partial charge in [-0.3, -0.25) is 4.79 Å². The third kappa shape index (κ3) is 9.93. The van der Waals surface area contributed by atoms with Crippen LogP contribution in [0.15, 0.2) is 127 Å². The Bertz CT molecular complexity index is 1480. The van der Waals surface area contributed by atoms with Crippen LogP contribution in [0.5, 0.6) is 11.5 Å². The number of hydrogen-bond acceptors (Lipinski definition) is 5. The van der Waals surface area contributed by atoms with Crippen molar-refractivity contribution in [2.75, 3.05) is 33.3 Å². The normalized spacial score (nSPS) is 14.3. The maximum absolute atomic E-state index is 12.4. The van der Waals surface area contributed by atoms with Crippen LogP contribution in [-0.2, 0) is 16.1 Å². The molecule has 0 unspecified atom stereocenters. The van der Waals surface area contributed by atoms with Gasteiger partial charge >= 0.3 is 0 Å². The molecule has 1 aliphatic heterocycles.